The van der Waals surface area contributed by atoms with Gasteiger partial charge in [-0.15, -0.1) is 0 Å². The van der Waals surface area contributed by atoms with Crippen LogP contribution in [0.2, 0.25) is 0 Å². The zero-order chi connectivity index (χ0) is 18.4. The topological polar surface area (TPSA) is 47.6 Å². The molecule has 0 spiro atoms. The molecule has 0 saturated heterocycles. The average molecular weight is 349 g/mol. The maximum Gasteiger partial charge on any atom is 0.261 e. The number of amides is 1. The summed E-state index contributed by atoms with van der Waals surface area (Å²) in [5.41, 5.74) is 1.07. The molecule has 0 aliphatic heterocycles. The van der Waals surface area contributed by atoms with Gasteiger partial charge in [-0.25, -0.2) is 0 Å². The highest BCUT2D eigenvalue weighted by Gasteiger charge is 2.18. The van der Waals surface area contributed by atoms with E-state index in [1.807, 2.05) is 37.3 Å². The van der Waals surface area contributed by atoms with E-state index in [2.05, 4.69) is 29.6 Å². The Labute approximate surface area is 153 Å². The molecule has 26 heavy (non-hydrogen) atoms. The second-order valence-corrected chi connectivity index (χ2v) is 6.09. The lowest BCUT2D eigenvalue weighted by atomic mass is 10.1. The van der Waals surface area contributed by atoms with Crippen LogP contribution in [0.3, 0.4) is 0 Å². The average Bonchev–Trinajstić information content (AvgIpc) is 2.70. The van der Waals surface area contributed by atoms with Crippen LogP contribution in [0.1, 0.15) is 18.9 Å². The summed E-state index contributed by atoms with van der Waals surface area (Å²) in [6.07, 6.45) is 0.0686. The van der Waals surface area contributed by atoms with E-state index in [0.29, 0.717) is 18.7 Å². The van der Waals surface area contributed by atoms with Crippen LogP contribution in [0, 0.1) is 0 Å². The Balaban J connectivity index is 1.60. The van der Waals surface area contributed by atoms with Crippen LogP contribution in [0.15, 0.2) is 66.7 Å². The van der Waals surface area contributed by atoms with E-state index in [9.17, 15) is 4.79 Å². The van der Waals surface area contributed by atoms with Crippen molar-refractivity contribution in [1.82, 2.24) is 5.32 Å². The third-order valence-electron chi connectivity index (χ3n) is 4.28. The maximum atomic E-state index is 12.5. The van der Waals surface area contributed by atoms with E-state index in [1.165, 1.54) is 10.8 Å². The molecule has 1 N–H and O–H groups in total. The second kappa shape index (κ2) is 8.39. The first-order chi connectivity index (χ1) is 12.7. The van der Waals surface area contributed by atoms with Crippen molar-refractivity contribution >= 4 is 16.7 Å². The lowest BCUT2D eigenvalue weighted by molar-refractivity contribution is -0.128. The Hall–Kier alpha value is -3.01. The van der Waals surface area contributed by atoms with E-state index in [1.54, 1.807) is 19.2 Å². The summed E-state index contributed by atoms with van der Waals surface area (Å²) >= 11 is 0. The van der Waals surface area contributed by atoms with Gasteiger partial charge in [0.1, 0.15) is 11.5 Å². The monoisotopic (exact) mass is 349 g/mol. The van der Waals surface area contributed by atoms with E-state index in [0.717, 1.165) is 11.3 Å². The van der Waals surface area contributed by atoms with Crippen LogP contribution < -0.4 is 14.8 Å². The minimum absolute atomic E-state index is 0.114. The van der Waals surface area contributed by atoms with Gasteiger partial charge in [0.25, 0.3) is 5.91 Å². The van der Waals surface area contributed by atoms with Gasteiger partial charge in [-0.2, -0.15) is 0 Å². The molecule has 0 aliphatic rings. The number of hydrogen-bond acceptors (Lipinski definition) is 3. The summed E-state index contributed by atoms with van der Waals surface area (Å²) in [5, 5.41) is 5.33. The van der Waals surface area contributed by atoms with Gasteiger partial charge in [-0.3, -0.25) is 4.79 Å². The Kier molecular flexibility index (Phi) is 5.74. The highest BCUT2D eigenvalue weighted by molar-refractivity contribution is 5.83. The molecule has 0 heterocycles. The number of hydrogen-bond donors (Lipinski definition) is 1. The Bertz CT molecular complexity index is 874. The Morgan fingerprint density at radius 1 is 0.962 bits per heavy atom. The highest BCUT2D eigenvalue weighted by atomic mass is 16.5. The fraction of sp³-hybridized carbons (Fsp3) is 0.227. The molecule has 0 aromatic heterocycles. The summed E-state index contributed by atoms with van der Waals surface area (Å²) in [6, 6.07) is 21.6. The van der Waals surface area contributed by atoms with Crippen molar-refractivity contribution in [3.63, 3.8) is 0 Å². The molecular weight excluding hydrogens is 326 g/mol. The van der Waals surface area contributed by atoms with Crippen molar-refractivity contribution in [3.8, 4) is 11.5 Å². The van der Waals surface area contributed by atoms with Crippen LogP contribution in [0.5, 0.6) is 11.5 Å². The van der Waals surface area contributed by atoms with Crippen LogP contribution in [-0.2, 0) is 11.3 Å². The molecule has 3 aromatic rings. The maximum absolute atomic E-state index is 12.5. The van der Waals surface area contributed by atoms with Crippen molar-refractivity contribution in [2.75, 3.05) is 7.11 Å². The van der Waals surface area contributed by atoms with Gasteiger partial charge in [0.05, 0.1) is 7.11 Å². The van der Waals surface area contributed by atoms with Crippen molar-refractivity contribution in [3.05, 3.63) is 72.3 Å². The summed E-state index contributed by atoms with van der Waals surface area (Å²) in [6.45, 7) is 2.41. The molecule has 4 heteroatoms. The number of benzene rings is 3. The van der Waals surface area contributed by atoms with Gasteiger partial charge < -0.3 is 14.8 Å². The molecule has 1 unspecified atom stereocenters. The lowest BCUT2D eigenvalue weighted by Crippen LogP contribution is -2.37. The zero-order valence-corrected chi connectivity index (χ0v) is 15.1. The zero-order valence-electron chi connectivity index (χ0n) is 15.1. The molecule has 1 atom stereocenters. The fourth-order valence-electron chi connectivity index (χ4n) is 2.79. The van der Waals surface area contributed by atoms with E-state index >= 15 is 0 Å². The molecule has 0 saturated carbocycles. The predicted molar refractivity (Wildman–Crippen MR) is 103 cm³/mol. The van der Waals surface area contributed by atoms with Crippen molar-refractivity contribution in [2.24, 2.45) is 0 Å². The van der Waals surface area contributed by atoms with Gasteiger partial charge in [0.2, 0.25) is 0 Å². The van der Waals surface area contributed by atoms with Crippen LogP contribution in [0.4, 0.5) is 0 Å². The molecule has 0 bridgehead atoms. The standard InChI is InChI=1S/C22H23NO3/c1-3-21(26-20-12-10-19(25-2)11-13-20)22(24)23-15-16-8-9-17-6-4-5-7-18(17)14-16/h4-14,21H,3,15H2,1-2H3,(H,23,24). The number of ether oxygens (including phenoxy) is 2. The van der Waals surface area contributed by atoms with Crippen molar-refractivity contribution < 1.29 is 14.3 Å². The van der Waals surface area contributed by atoms with Crippen LogP contribution >= 0.6 is 0 Å². The number of methoxy groups -OCH3 is 1. The van der Waals surface area contributed by atoms with Crippen molar-refractivity contribution in [1.29, 1.82) is 0 Å². The van der Waals surface area contributed by atoms with Gasteiger partial charge in [0, 0.05) is 6.54 Å². The smallest absolute Gasteiger partial charge is 0.261 e. The Morgan fingerprint density at radius 3 is 2.35 bits per heavy atom. The molecule has 0 aliphatic carbocycles. The molecule has 0 fully saturated rings. The number of nitrogens with one attached hydrogen (secondary N) is 1. The van der Waals surface area contributed by atoms with Gasteiger partial charge in [-0.1, -0.05) is 43.3 Å². The van der Waals surface area contributed by atoms with Gasteiger partial charge in [0.15, 0.2) is 6.10 Å². The molecule has 134 valence electrons. The first-order valence-corrected chi connectivity index (χ1v) is 8.75. The number of carbonyl (C=O) groups excluding carboxylic acids is 1. The third-order valence-corrected chi connectivity index (χ3v) is 4.28. The van der Waals surface area contributed by atoms with Crippen molar-refractivity contribution in [2.45, 2.75) is 26.0 Å². The number of carbonyl (C=O) groups is 1. The molecular formula is C22H23NO3. The quantitative estimate of drug-likeness (QED) is 0.691. The summed E-state index contributed by atoms with van der Waals surface area (Å²) in [5.74, 6) is 1.29. The van der Waals surface area contributed by atoms with E-state index < -0.39 is 6.10 Å². The molecule has 1 amide bonds. The largest absolute Gasteiger partial charge is 0.497 e. The van der Waals surface area contributed by atoms with Crippen LogP contribution in [0.25, 0.3) is 10.8 Å². The predicted octanol–water partition coefficient (Wildman–Crippen LogP) is 4.32. The summed E-state index contributed by atoms with van der Waals surface area (Å²) in [7, 11) is 1.62. The fourth-order valence-corrected chi connectivity index (χ4v) is 2.79. The first kappa shape index (κ1) is 17.8. The minimum Gasteiger partial charge on any atom is -0.497 e. The van der Waals surface area contributed by atoms with Gasteiger partial charge >= 0.3 is 0 Å². The normalized spacial score (nSPS) is 11.8. The first-order valence-electron chi connectivity index (χ1n) is 8.75. The van der Waals surface area contributed by atoms with Crippen LogP contribution in [-0.4, -0.2) is 19.1 Å². The van der Waals surface area contributed by atoms with E-state index in [-0.39, 0.29) is 5.91 Å². The summed E-state index contributed by atoms with van der Waals surface area (Å²) < 4.78 is 10.9. The number of fused-ring (bicyclic) bond motifs is 1. The Morgan fingerprint density at radius 2 is 1.65 bits per heavy atom. The highest BCUT2D eigenvalue weighted by Crippen LogP contribution is 2.19. The number of rotatable bonds is 7. The molecule has 0 radical (unpaired) electrons. The lowest BCUT2D eigenvalue weighted by Gasteiger charge is -2.17. The molecule has 4 nitrogen and oxygen atoms in total. The minimum atomic E-state index is -0.524. The van der Waals surface area contributed by atoms with E-state index in [4.69, 9.17) is 9.47 Å². The second-order valence-electron chi connectivity index (χ2n) is 6.09. The third kappa shape index (κ3) is 4.33. The van der Waals surface area contributed by atoms with Gasteiger partial charge in [-0.05, 0) is 53.1 Å². The summed E-state index contributed by atoms with van der Waals surface area (Å²) in [4.78, 5) is 12.5. The molecule has 3 rings (SSSR count). The molecule has 3 aromatic carbocycles. The SMILES string of the molecule is CCC(Oc1ccc(OC)cc1)C(=O)NCc1ccc2ccccc2c1.